The number of ether oxygens (including phenoxy) is 1. The lowest BCUT2D eigenvalue weighted by atomic mass is 10.1. The van der Waals surface area contributed by atoms with Crippen LogP contribution < -0.4 is 16.2 Å². The van der Waals surface area contributed by atoms with Gasteiger partial charge in [0.15, 0.2) is 11.6 Å². The zero-order valence-corrected chi connectivity index (χ0v) is 8.09. The summed E-state index contributed by atoms with van der Waals surface area (Å²) in [5.74, 6) is -2.01. The molecule has 3 nitrogen and oxygen atoms in total. The Morgan fingerprint density at radius 1 is 1.31 bits per heavy atom. The van der Waals surface area contributed by atoms with E-state index < -0.39 is 24.0 Å². The fraction of sp³-hybridized carbons (Fsp3) is 0.333. The summed E-state index contributed by atoms with van der Waals surface area (Å²) in [5.41, 5.74) is 11.0. The quantitative estimate of drug-likeness (QED) is 0.787. The Morgan fingerprint density at radius 3 is 2.38 bits per heavy atom. The lowest BCUT2D eigenvalue weighted by Gasteiger charge is -2.12. The highest BCUT2D eigenvalue weighted by Gasteiger charge is 2.32. The number of halogens is 4. The van der Waals surface area contributed by atoms with Crippen molar-refractivity contribution in [2.75, 3.05) is 6.54 Å². The van der Waals surface area contributed by atoms with Gasteiger partial charge in [0.25, 0.3) is 0 Å². The van der Waals surface area contributed by atoms with E-state index >= 15 is 0 Å². The summed E-state index contributed by atoms with van der Waals surface area (Å²) in [5, 5.41) is 0. The largest absolute Gasteiger partial charge is 0.573 e. The van der Waals surface area contributed by atoms with Gasteiger partial charge in [0.1, 0.15) is 0 Å². The maximum Gasteiger partial charge on any atom is 0.573 e. The van der Waals surface area contributed by atoms with Gasteiger partial charge in [0.05, 0.1) is 0 Å². The number of rotatable bonds is 3. The molecular weight excluding hydrogens is 228 g/mol. The lowest BCUT2D eigenvalue weighted by molar-refractivity contribution is -0.275. The fourth-order valence-electron chi connectivity index (χ4n) is 1.09. The third-order valence-electron chi connectivity index (χ3n) is 1.86. The molecule has 0 fully saturated rings. The molecule has 1 unspecified atom stereocenters. The van der Waals surface area contributed by atoms with Gasteiger partial charge in [-0.2, -0.15) is 0 Å². The minimum Gasteiger partial charge on any atom is -0.403 e. The highest BCUT2D eigenvalue weighted by Crippen LogP contribution is 2.27. The van der Waals surface area contributed by atoms with E-state index in [0.717, 1.165) is 12.1 Å². The van der Waals surface area contributed by atoms with Crippen molar-refractivity contribution in [3.63, 3.8) is 0 Å². The third-order valence-corrected chi connectivity index (χ3v) is 1.86. The molecule has 0 saturated carbocycles. The Morgan fingerprint density at radius 2 is 1.94 bits per heavy atom. The van der Waals surface area contributed by atoms with E-state index in [9.17, 15) is 17.6 Å². The molecule has 1 atom stereocenters. The molecule has 7 heteroatoms. The molecule has 1 aromatic rings. The number of nitrogens with two attached hydrogens (primary N) is 2. The molecule has 0 bridgehead atoms. The average molecular weight is 238 g/mol. The van der Waals surface area contributed by atoms with Gasteiger partial charge in [0.2, 0.25) is 0 Å². The van der Waals surface area contributed by atoms with E-state index in [4.69, 9.17) is 11.5 Å². The highest BCUT2D eigenvalue weighted by molar-refractivity contribution is 5.31. The van der Waals surface area contributed by atoms with Crippen molar-refractivity contribution in [1.29, 1.82) is 0 Å². The first-order valence-electron chi connectivity index (χ1n) is 4.34. The summed E-state index contributed by atoms with van der Waals surface area (Å²) in [6.45, 7) is 0.0684. The topological polar surface area (TPSA) is 61.3 Å². The first-order valence-corrected chi connectivity index (χ1v) is 4.34. The van der Waals surface area contributed by atoms with Crippen LogP contribution in [0.1, 0.15) is 11.6 Å². The number of alkyl halides is 3. The minimum absolute atomic E-state index is 0.0684. The smallest absolute Gasteiger partial charge is 0.403 e. The van der Waals surface area contributed by atoms with E-state index in [-0.39, 0.29) is 6.54 Å². The van der Waals surface area contributed by atoms with Crippen LogP contribution in [0.25, 0.3) is 0 Å². The molecule has 0 amide bonds. The van der Waals surface area contributed by atoms with Gasteiger partial charge >= 0.3 is 6.36 Å². The van der Waals surface area contributed by atoms with E-state index in [1.54, 1.807) is 0 Å². The van der Waals surface area contributed by atoms with Crippen molar-refractivity contribution in [3.8, 4) is 5.75 Å². The summed E-state index contributed by atoms with van der Waals surface area (Å²) in [4.78, 5) is 0. The van der Waals surface area contributed by atoms with Gasteiger partial charge in [-0.15, -0.1) is 13.2 Å². The molecule has 0 aliphatic heterocycles. The molecule has 0 aliphatic rings. The fourth-order valence-corrected chi connectivity index (χ4v) is 1.09. The number of benzene rings is 1. The Bertz CT molecular complexity index is 367. The summed E-state index contributed by atoms with van der Waals surface area (Å²) < 4.78 is 52.0. The van der Waals surface area contributed by atoms with Gasteiger partial charge in [-0.3, -0.25) is 0 Å². The van der Waals surface area contributed by atoms with Gasteiger partial charge < -0.3 is 16.2 Å². The Hall–Kier alpha value is -1.34. The molecule has 0 saturated heterocycles. The third kappa shape index (κ3) is 3.35. The summed E-state index contributed by atoms with van der Waals surface area (Å²) in [6.07, 6.45) is -4.92. The van der Waals surface area contributed by atoms with Crippen molar-refractivity contribution in [1.82, 2.24) is 0 Å². The molecule has 0 heterocycles. The maximum absolute atomic E-state index is 13.2. The molecule has 1 rings (SSSR count). The van der Waals surface area contributed by atoms with Crippen molar-refractivity contribution < 1.29 is 22.3 Å². The zero-order chi connectivity index (χ0) is 12.3. The first-order chi connectivity index (χ1) is 7.33. The van der Waals surface area contributed by atoms with Crippen molar-refractivity contribution in [2.24, 2.45) is 11.5 Å². The molecule has 16 heavy (non-hydrogen) atoms. The minimum atomic E-state index is -4.92. The normalized spacial score (nSPS) is 13.6. The van der Waals surface area contributed by atoms with Gasteiger partial charge in [-0.25, -0.2) is 4.39 Å². The maximum atomic E-state index is 13.2. The second-order valence-corrected chi connectivity index (χ2v) is 3.08. The summed E-state index contributed by atoms with van der Waals surface area (Å²) in [6, 6.07) is 2.36. The number of hydrogen-bond donors (Lipinski definition) is 2. The molecule has 0 aromatic heterocycles. The van der Waals surface area contributed by atoms with Crippen LogP contribution in [0.2, 0.25) is 0 Å². The first kappa shape index (κ1) is 12.7. The van der Waals surface area contributed by atoms with Crippen molar-refractivity contribution in [2.45, 2.75) is 12.4 Å². The second-order valence-electron chi connectivity index (χ2n) is 3.08. The second kappa shape index (κ2) is 4.67. The van der Waals surface area contributed by atoms with E-state index in [1.165, 1.54) is 6.07 Å². The Labute approximate surface area is 89.0 Å². The van der Waals surface area contributed by atoms with Crippen LogP contribution in [0.15, 0.2) is 18.2 Å². The summed E-state index contributed by atoms with van der Waals surface area (Å²) in [7, 11) is 0. The predicted octanol–water partition coefficient (Wildman–Crippen LogP) is 1.68. The van der Waals surface area contributed by atoms with Crippen LogP contribution in [0.4, 0.5) is 17.6 Å². The van der Waals surface area contributed by atoms with Crippen LogP contribution in [0.5, 0.6) is 5.75 Å². The van der Waals surface area contributed by atoms with E-state index in [2.05, 4.69) is 4.74 Å². The van der Waals surface area contributed by atoms with Crippen LogP contribution in [0, 0.1) is 5.82 Å². The summed E-state index contributed by atoms with van der Waals surface area (Å²) >= 11 is 0. The van der Waals surface area contributed by atoms with Crippen LogP contribution in [-0.4, -0.2) is 12.9 Å². The molecule has 0 spiro atoms. The molecule has 0 radical (unpaired) electrons. The monoisotopic (exact) mass is 238 g/mol. The van der Waals surface area contributed by atoms with Crippen LogP contribution in [0.3, 0.4) is 0 Å². The molecule has 90 valence electrons. The van der Waals surface area contributed by atoms with Crippen LogP contribution in [-0.2, 0) is 0 Å². The van der Waals surface area contributed by atoms with Gasteiger partial charge in [0, 0.05) is 12.6 Å². The highest BCUT2D eigenvalue weighted by atomic mass is 19.4. The molecule has 0 aliphatic carbocycles. The Kier molecular flexibility index (Phi) is 3.71. The van der Waals surface area contributed by atoms with Crippen LogP contribution >= 0.6 is 0 Å². The molecule has 1 aromatic carbocycles. The Balaban J connectivity index is 2.92. The average Bonchev–Trinajstić information content (AvgIpc) is 2.18. The van der Waals surface area contributed by atoms with E-state index in [1.807, 2.05) is 0 Å². The van der Waals surface area contributed by atoms with Crippen molar-refractivity contribution >= 4 is 0 Å². The van der Waals surface area contributed by atoms with Gasteiger partial charge in [-0.1, -0.05) is 6.07 Å². The van der Waals surface area contributed by atoms with Gasteiger partial charge in [-0.05, 0) is 17.7 Å². The van der Waals surface area contributed by atoms with Crippen molar-refractivity contribution in [3.05, 3.63) is 29.6 Å². The van der Waals surface area contributed by atoms with E-state index in [0.29, 0.717) is 5.56 Å². The standard InChI is InChI=1S/C9H10F4N2O/c10-6-3-5(7(15)4-14)1-2-8(6)16-9(11,12)13/h1-3,7H,4,14-15H2. The number of hydrogen-bond acceptors (Lipinski definition) is 3. The molecular formula is C9H10F4N2O. The SMILES string of the molecule is NCC(N)c1ccc(OC(F)(F)F)c(F)c1. The zero-order valence-electron chi connectivity index (χ0n) is 8.09. The molecule has 4 N–H and O–H groups in total. The lowest BCUT2D eigenvalue weighted by Crippen LogP contribution is -2.21. The predicted molar refractivity (Wildman–Crippen MR) is 49.1 cm³/mol.